The zero-order valence-electron chi connectivity index (χ0n) is 14.3. The molecule has 0 radical (unpaired) electrons. The molecule has 2 aromatic carbocycles. The van der Waals surface area contributed by atoms with Crippen LogP contribution in [0.5, 0.6) is 0 Å². The fourth-order valence-electron chi connectivity index (χ4n) is 2.48. The van der Waals surface area contributed by atoms with Gasteiger partial charge in [0.25, 0.3) is 10.0 Å². The van der Waals surface area contributed by atoms with E-state index in [0.29, 0.717) is 11.4 Å². The summed E-state index contributed by atoms with van der Waals surface area (Å²) in [6.45, 7) is 3.28. The lowest BCUT2D eigenvalue weighted by molar-refractivity contribution is -0.114. The van der Waals surface area contributed by atoms with E-state index in [4.69, 9.17) is 0 Å². The molecule has 0 unspecified atom stereocenters. The first-order valence-electron chi connectivity index (χ1n) is 7.86. The van der Waals surface area contributed by atoms with Gasteiger partial charge in [0.05, 0.1) is 4.90 Å². The highest BCUT2D eigenvalue weighted by atomic mass is 32.2. The Balaban J connectivity index is 1.77. The van der Waals surface area contributed by atoms with Gasteiger partial charge in [0, 0.05) is 36.4 Å². The van der Waals surface area contributed by atoms with Crippen LogP contribution in [0.2, 0.25) is 0 Å². The summed E-state index contributed by atoms with van der Waals surface area (Å²) >= 11 is 0. The number of aryl methyl sites for hydroxylation is 1. The van der Waals surface area contributed by atoms with Gasteiger partial charge in [0.1, 0.15) is 5.82 Å². The number of hydrogen-bond donors (Lipinski definition) is 2. The molecule has 3 rings (SSSR count). The van der Waals surface area contributed by atoms with E-state index < -0.39 is 10.0 Å². The lowest BCUT2D eigenvalue weighted by Crippen LogP contribution is -2.13. The van der Waals surface area contributed by atoms with Crippen molar-refractivity contribution in [2.45, 2.75) is 18.7 Å². The highest BCUT2D eigenvalue weighted by Crippen LogP contribution is 2.20. The number of nitrogens with zero attached hydrogens (tertiary/aromatic N) is 2. The number of nitrogens with one attached hydrogen (secondary N) is 2. The molecule has 0 spiro atoms. The van der Waals surface area contributed by atoms with Gasteiger partial charge in [-0.2, -0.15) is 0 Å². The number of carbonyl (C=O) groups is 1. The number of aromatic nitrogens is 2. The molecule has 134 valence electrons. The molecule has 0 fully saturated rings. The van der Waals surface area contributed by atoms with Crippen LogP contribution in [0, 0.1) is 6.92 Å². The average molecular weight is 370 g/mol. The largest absolute Gasteiger partial charge is 0.326 e. The van der Waals surface area contributed by atoms with Gasteiger partial charge < -0.3 is 9.88 Å². The van der Waals surface area contributed by atoms with Gasteiger partial charge >= 0.3 is 0 Å². The van der Waals surface area contributed by atoms with Gasteiger partial charge in [-0.15, -0.1) is 0 Å². The third-order valence-corrected chi connectivity index (χ3v) is 5.11. The van der Waals surface area contributed by atoms with Gasteiger partial charge in [-0.3, -0.25) is 9.52 Å². The molecule has 0 saturated heterocycles. The van der Waals surface area contributed by atoms with Crippen molar-refractivity contribution in [2.24, 2.45) is 0 Å². The number of benzene rings is 2. The zero-order valence-corrected chi connectivity index (χ0v) is 15.1. The minimum atomic E-state index is -3.72. The second-order valence-corrected chi connectivity index (χ2v) is 7.38. The predicted octanol–water partition coefficient (Wildman–Crippen LogP) is 2.94. The maximum Gasteiger partial charge on any atom is 0.261 e. The number of carbonyl (C=O) groups excluding carboxylic acids is 1. The first-order chi connectivity index (χ1) is 12.3. The Bertz CT molecular complexity index is 1020. The van der Waals surface area contributed by atoms with E-state index in [-0.39, 0.29) is 10.8 Å². The lowest BCUT2D eigenvalue weighted by Gasteiger charge is -2.10. The molecular weight excluding hydrogens is 352 g/mol. The normalized spacial score (nSPS) is 11.2. The molecule has 0 aliphatic rings. The van der Waals surface area contributed by atoms with Crippen molar-refractivity contribution in [3.63, 3.8) is 0 Å². The van der Waals surface area contributed by atoms with Gasteiger partial charge in [0.15, 0.2) is 0 Å². The summed E-state index contributed by atoms with van der Waals surface area (Å²) in [5.74, 6) is 0.629. The monoisotopic (exact) mass is 370 g/mol. The SMILES string of the molecule is CC(=O)Nc1ccc(S(=O)(=O)Nc2ccc(-n3ccnc3C)cc2)cc1. The van der Waals surface area contributed by atoms with Crippen LogP contribution in [0.25, 0.3) is 5.69 Å². The maximum atomic E-state index is 12.5. The van der Waals surface area contributed by atoms with Crippen LogP contribution in [0.15, 0.2) is 65.8 Å². The standard InChI is InChI=1S/C18H18N4O3S/c1-13-19-11-12-22(13)17-7-3-16(4-8-17)21-26(24,25)18-9-5-15(6-10-18)20-14(2)23/h3-12,21H,1-2H3,(H,20,23). The molecule has 0 atom stereocenters. The topological polar surface area (TPSA) is 93.1 Å². The predicted molar refractivity (Wildman–Crippen MR) is 99.9 cm³/mol. The highest BCUT2D eigenvalue weighted by Gasteiger charge is 2.14. The van der Waals surface area contributed by atoms with Crippen molar-refractivity contribution in [1.29, 1.82) is 0 Å². The summed E-state index contributed by atoms with van der Waals surface area (Å²) in [4.78, 5) is 15.3. The van der Waals surface area contributed by atoms with E-state index in [1.807, 2.05) is 29.8 Å². The average Bonchev–Trinajstić information content (AvgIpc) is 3.01. The fourth-order valence-corrected chi connectivity index (χ4v) is 3.53. The van der Waals surface area contributed by atoms with E-state index in [2.05, 4.69) is 15.0 Å². The molecule has 0 bridgehead atoms. The van der Waals surface area contributed by atoms with Crippen molar-refractivity contribution >= 4 is 27.3 Å². The molecule has 7 nitrogen and oxygen atoms in total. The van der Waals surface area contributed by atoms with E-state index in [1.54, 1.807) is 30.5 Å². The van der Waals surface area contributed by atoms with Crippen LogP contribution in [0.3, 0.4) is 0 Å². The van der Waals surface area contributed by atoms with Crippen molar-refractivity contribution in [3.05, 3.63) is 66.7 Å². The van der Waals surface area contributed by atoms with Crippen LogP contribution in [-0.4, -0.2) is 23.9 Å². The van der Waals surface area contributed by atoms with E-state index in [1.165, 1.54) is 19.1 Å². The highest BCUT2D eigenvalue weighted by molar-refractivity contribution is 7.92. The van der Waals surface area contributed by atoms with Gasteiger partial charge in [0.2, 0.25) is 5.91 Å². The molecule has 2 N–H and O–H groups in total. The number of amides is 1. The minimum Gasteiger partial charge on any atom is -0.326 e. The summed E-state index contributed by atoms with van der Waals surface area (Å²) in [7, 11) is -3.72. The Morgan fingerprint density at radius 3 is 2.15 bits per heavy atom. The Labute approximate surface area is 151 Å². The molecule has 0 aliphatic carbocycles. The number of anilines is 2. The van der Waals surface area contributed by atoms with Crippen LogP contribution in [-0.2, 0) is 14.8 Å². The van der Waals surface area contributed by atoms with Crippen LogP contribution >= 0.6 is 0 Å². The van der Waals surface area contributed by atoms with E-state index in [9.17, 15) is 13.2 Å². The van der Waals surface area contributed by atoms with Crippen LogP contribution < -0.4 is 10.0 Å². The minimum absolute atomic E-state index is 0.112. The van der Waals surface area contributed by atoms with Crippen molar-refractivity contribution in [3.8, 4) is 5.69 Å². The van der Waals surface area contributed by atoms with E-state index >= 15 is 0 Å². The Morgan fingerprint density at radius 1 is 1.00 bits per heavy atom. The van der Waals surface area contributed by atoms with Gasteiger partial charge in [-0.1, -0.05) is 0 Å². The number of imidazole rings is 1. The van der Waals surface area contributed by atoms with Gasteiger partial charge in [-0.05, 0) is 55.5 Å². The third kappa shape index (κ3) is 3.92. The molecule has 1 heterocycles. The quantitative estimate of drug-likeness (QED) is 0.722. The Morgan fingerprint density at radius 2 is 1.62 bits per heavy atom. The summed E-state index contributed by atoms with van der Waals surface area (Å²) in [5.41, 5.74) is 1.89. The lowest BCUT2D eigenvalue weighted by atomic mass is 10.3. The second kappa shape index (κ2) is 7.01. The maximum absolute atomic E-state index is 12.5. The summed E-state index contributed by atoms with van der Waals surface area (Å²) in [5, 5.41) is 2.60. The van der Waals surface area contributed by atoms with Crippen LogP contribution in [0.4, 0.5) is 11.4 Å². The van der Waals surface area contributed by atoms with Crippen molar-refractivity contribution in [2.75, 3.05) is 10.0 Å². The Hall–Kier alpha value is -3.13. The third-order valence-electron chi connectivity index (χ3n) is 3.71. The molecule has 1 amide bonds. The number of sulfonamides is 1. The summed E-state index contributed by atoms with van der Waals surface area (Å²) in [6, 6.07) is 13.0. The van der Waals surface area contributed by atoms with Gasteiger partial charge in [-0.25, -0.2) is 13.4 Å². The summed E-state index contributed by atoms with van der Waals surface area (Å²) < 4.78 is 29.4. The molecule has 1 aromatic heterocycles. The van der Waals surface area contributed by atoms with Crippen molar-refractivity contribution < 1.29 is 13.2 Å². The first kappa shape index (κ1) is 17.7. The molecule has 0 saturated carbocycles. The number of rotatable bonds is 5. The van der Waals surface area contributed by atoms with Crippen molar-refractivity contribution in [1.82, 2.24) is 9.55 Å². The smallest absolute Gasteiger partial charge is 0.261 e. The molecule has 26 heavy (non-hydrogen) atoms. The fraction of sp³-hybridized carbons (Fsp3) is 0.111. The molecule has 3 aromatic rings. The zero-order chi connectivity index (χ0) is 18.7. The molecular formula is C18H18N4O3S. The van der Waals surface area contributed by atoms with E-state index in [0.717, 1.165) is 11.5 Å². The Kier molecular flexibility index (Phi) is 4.77. The molecule has 8 heteroatoms. The van der Waals surface area contributed by atoms with Crippen LogP contribution in [0.1, 0.15) is 12.7 Å². The number of hydrogen-bond acceptors (Lipinski definition) is 4. The summed E-state index contributed by atoms with van der Waals surface area (Å²) in [6.07, 6.45) is 3.54. The second-order valence-electron chi connectivity index (χ2n) is 5.70. The first-order valence-corrected chi connectivity index (χ1v) is 9.34. The molecule has 0 aliphatic heterocycles.